The van der Waals surface area contributed by atoms with E-state index in [4.69, 9.17) is 31.9 Å². The maximum Gasteiger partial charge on any atom is 0.305 e. The van der Waals surface area contributed by atoms with Gasteiger partial charge >= 0.3 is 5.97 Å². The van der Waals surface area contributed by atoms with Gasteiger partial charge in [0.05, 0.1) is 25.2 Å². The third-order valence-corrected chi connectivity index (χ3v) is 2.80. The van der Waals surface area contributed by atoms with Crippen LogP contribution in [-0.4, -0.2) is 25.3 Å². The van der Waals surface area contributed by atoms with Crippen LogP contribution in [0.4, 0.5) is 0 Å². The number of carbonyl (C=O) groups is 1. The minimum Gasteiger partial charge on any atom is -0.495 e. The Morgan fingerprint density at radius 2 is 2.17 bits per heavy atom. The Hall–Kier alpha value is -1.30. The summed E-state index contributed by atoms with van der Waals surface area (Å²) in [5, 5.41) is 9.16. The number of halogens is 1. The molecular formula is C12H16ClNO4. The molecule has 1 rings (SSSR count). The zero-order valence-electron chi connectivity index (χ0n) is 10.3. The molecule has 100 valence electrons. The normalized spacial score (nSPS) is 12.2. The summed E-state index contributed by atoms with van der Waals surface area (Å²) in [6.07, 6.45) is -0.167. The van der Waals surface area contributed by atoms with Crippen molar-refractivity contribution in [3.05, 3.63) is 28.3 Å². The lowest BCUT2D eigenvalue weighted by atomic mass is 9.98. The molecule has 3 N–H and O–H groups in total. The second-order valence-electron chi connectivity index (χ2n) is 3.82. The van der Waals surface area contributed by atoms with E-state index < -0.39 is 12.0 Å². The molecule has 5 nitrogen and oxygen atoms in total. The molecule has 0 aliphatic heterocycles. The van der Waals surface area contributed by atoms with E-state index >= 15 is 0 Å². The molecule has 0 saturated heterocycles. The number of nitrogens with two attached hydrogens (primary N) is 1. The Bertz CT molecular complexity index is 436. The van der Waals surface area contributed by atoms with Gasteiger partial charge in [0.1, 0.15) is 5.75 Å². The highest BCUT2D eigenvalue weighted by Crippen LogP contribution is 2.31. The average molecular weight is 274 g/mol. The summed E-state index contributed by atoms with van der Waals surface area (Å²) in [6.45, 7) is 0.316. The fourth-order valence-electron chi connectivity index (χ4n) is 1.69. The van der Waals surface area contributed by atoms with Gasteiger partial charge in [-0.05, 0) is 23.3 Å². The van der Waals surface area contributed by atoms with Crippen molar-refractivity contribution in [2.75, 3.05) is 14.2 Å². The van der Waals surface area contributed by atoms with E-state index in [-0.39, 0.29) is 6.42 Å². The predicted octanol–water partition coefficient (Wildman–Crippen LogP) is 1.97. The molecule has 1 aromatic carbocycles. The third kappa shape index (κ3) is 3.60. The fourth-order valence-corrected chi connectivity index (χ4v) is 1.94. The minimum absolute atomic E-state index is 0.167. The third-order valence-electron chi connectivity index (χ3n) is 2.51. The summed E-state index contributed by atoms with van der Waals surface area (Å²) in [6, 6.07) is 2.71. The standard InChI is InChI=1S/C12H16ClNO4/c1-17-6-7-3-11(18-2)9(13)4-8(7)10(14)5-12(15)16/h3-4,10H,5-6,14H2,1-2H3,(H,15,16). The zero-order valence-corrected chi connectivity index (χ0v) is 11.0. The van der Waals surface area contributed by atoms with Gasteiger partial charge in [-0.3, -0.25) is 4.79 Å². The van der Waals surface area contributed by atoms with E-state index in [9.17, 15) is 4.79 Å². The van der Waals surface area contributed by atoms with Gasteiger partial charge in [-0.25, -0.2) is 0 Å². The van der Waals surface area contributed by atoms with Crippen molar-refractivity contribution < 1.29 is 19.4 Å². The van der Waals surface area contributed by atoms with Crippen LogP contribution < -0.4 is 10.5 Å². The van der Waals surface area contributed by atoms with Gasteiger partial charge in [-0.2, -0.15) is 0 Å². The van der Waals surface area contributed by atoms with Crippen molar-refractivity contribution in [3.63, 3.8) is 0 Å². The summed E-state index contributed by atoms with van der Waals surface area (Å²) < 4.78 is 10.2. The number of rotatable bonds is 6. The smallest absolute Gasteiger partial charge is 0.305 e. The molecule has 1 atom stereocenters. The lowest BCUT2D eigenvalue weighted by Crippen LogP contribution is -2.17. The second-order valence-corrected chi connectivity index (χ2v) is 4.23. The van der Waals surface area contributed by atoms with E-state index in [2.05, 4.69) is 0 Å². The van der Waals surface area contributed by atoms with Gasteiger partial charge < -0.3 is 20.3 Å². The number of carboxylic acid groups (broad SMARTS) is 1. The quantitative estimate of drug-likeness (QED) is 0.828. The second kappa shape index (κ2) is 6.58. The predicted molar refractivity (Wildman–Crippen MR) is 67.9 cm³/mol. The number of hydrogen-bond acceptors (Lipinski definition) is 4. The molecular weight excluding hydrogens is 258 g/mol. The van der Waals surface area contributed by atoms with Gasteiger partial charge in [-0.1, -0.05) is 11.6 Å². The Morgan fingerprint density at radius 3 is 2.67 bits per heavy atom. The van der Waals surface area contributed by atoms with Crippen LogP contribution in [-0.2, 0) is 16.1 Å². The maximum atomic E-state index is 10.7. The molecule has 1 aromatic rings. The van der Waals surface area contributed by atoms with E-state index in [1.54, 1.807) is 19.2 Å². The van der Waals surface area contributed by atoms with Gasteiger partial charge in [-0.15, -0.1) is 0 Å². The lowest BCUT2D eigenvalue weighted by Gasteiger charge is -2.17. The van der Waals surface area contributed by atoms with E-state index in [1.807, 2.05) is 0 Å². The molecule has 0 aliphatic rings. The van der Waals surface area contributed by atoms with Crippen LogP contribution in [0.3, 0.4) is 0 Å². The molecule has 0 aromatic heterocycles. The highest BCUT2D eigenvalue weighted by atomic mass is 35.5. The first-order valence-electron chi connectivity index (χ1n) is 5.32. The van der Waals surface area contributed by atoms with Gasteiger partial charge in [0.25, 0.3) is 0 Å². The van der Waals surface area contributed by atoms with Crippen LogP contribution in [0.2, 0.25) is 5.02 Å². The summed E-state index contributed by atoms with van der Waals surface area (Å²) >= 11 is 6.01. The fraction of sp³-hybridized carbons (Fsp3) is 0.417. The Kier molecular flexibility index (Phi) is 5.40. The molecule has 0 heterocycles. The van der Waals surface area contributed by atoms with Gasteiger partial charge in [0, 0.05) is 13.2 Å². The molecule has 18 heavy (non-hydrogen) atoms. The van der Waals surface area contributed by atoms with Crippen molar-refractivity contribution in [1.82, 2.24) is 0 Å². The summed E-state index contributed by atoms with van der Waals surface area (Å²) in [5.74, 6) is -0.451. The molecule has 0 radical (unpaired) electrons. The van der Waals surface area contributed by atoms with Crippen molar-refractivity contribution in [3.8, 4) is 5.75 Å². The number of aliphatic carboxylic acids is 1. The van der Waals surface area contributed by atoms with E-state index in [0.29, 0.717) is 22.9 Å². The van der Waals surface area contributed by atoms with Crippen molar-refractivity contribution >= 4 is 17.6 Å². The molecule has 1 unspecified atom stereocenters. The van der Waals surface area contributed by atoms with Crippen LogP contribution in [0.1, 0.15) is 23.6 Å². The molecule has 6 heteroatoms. The first kappa shape index (κ1) is 14.8. The highest BCUT2D eigenvalue weighted by molar-refractivity contribution is 6.32. The monoisotopic (exact) mass is 273 g/mol. The molecule has 0 amide bonds. The molecule has 0 spiro atoms. The van der Waals surface area contributed by atoms with Crippen molar-refractivity contribution in [1.29, 1.82) is 0 Å². The number of hydrogen-bond donors (Lipinski definition) is 2. The number of benzene rings is 1. The number of ether oxygens (including phenoxy) is 2. The SMILES string of the molecule is COCc1cc(OC)c(Cl)cc1C(N)CC(=O)O. The van der Waals surface area contributed by atoms with E-state index in [0.717, 1.165) is 5.56 Å². The minimum atomic E-state index is -0.960. The summed E-state index contributed by atoms with van der Waals surface area (Å²) in [7, 11) is 3.06. The van der Waals surface area contributed by atoms with E-state index in [1.165, 1.54) is 7.11 Å². The average Bonchev–Trinajstić information content (AvgIpc) is 2.30. The highest BCUT2D eigenvalue weighted by Gasteiger charge is 2.17. The van der Waals surface area contributed by atoms with Crippen LogP contribution in [0, 0.1) is 0 Å². The Balaban J connectivity index is 3.15. The lowest BCUT2D eigenvalue weighted by molar-refractivity contribution is -0.137. The van der Waals surface area contributed by atoms with Crippen LogP contribution >= 0.6 is 11.6 Å². The van der Waals surface area contributed by atoms with Crippen LogP contribution in [0.5, 0.6) is 5.75 Å². The Labute approximate surface area is 110 Å². The molecule has 0 saturated carbocycles. The topological polar surface area (TPSA) is 81.8 Å². The van der Waals surface area contributed by atoms with Crippen LogP contribution in [0.15, 0.2) is 12.1 Å². The van der Waals surface area contributed by atoms with Gasteiger partial charge in [0.2, 0.25) is 0 Å². The van der Waals surface area contributed by atoms with Crippen molar-refractivity contribution in [2.45, 2.75) is 19.1 Å². The molecule has 0 fully saturated rings. The Morgan fingerprint density at radius 1 is 1.50 bits per heavy atom. The largest absolute Gasteiger partial charge is 0.495 e. The molecule has 0 aliphatic carbocycles. The zero-order chi connectivity index (χ0) is 13.7. The first-order valence-corrected chi connectivity index (χ1v) is 5.70. The van der Waals surface area contributed by atoms with Gasteiger partial charge in [0.15, 0.2) is 0 Å². The number of carboxylic acids is 1. The van der Waals surface area contributed by atoms with Crippen LogP contribution in [0.25, 0.3) is 0 Å². The van der Waals surface area contributed by atoms with Crippen molar-refractivity contribution in [2.24, 2.45) is 5.73 Å². The first-order chi connectivity index (χ1) is 8.49. The summed E-state index contributed by atoms with van der Waals surface area (Å²) in [5.41, 5.74) is 7.28. The summed E-state index contributed by atoms with van der Waals surface area (Å²) in [4.78, 5) is 10.7. The number of methoxy groups -OCH3 is 2. The maximum absolute atomic E-state index is 10.7. The molecule has 0 bridgehead atoms.